The van der Waals surface area contributed by atoms with Crippen LogP contribution in [0.3, 0.4) is 0 Å². The molecule has 0 aliphatic rings. The van der Waals surface area contributed by atoms with Crippen molar-refractivity contribution in [1.29, 1.82) is 0 Å². The van der Waals surface area contributed by atoms with Gasteiger partial charge in [-0.3, -0.25) is 10.1 Å². The highest BCUT2D eigenvalue weighted by molar-refractivity contribution is 5.61. The van der Waals surface area contributed by atoms with Gasteiger partial charge in [0.15, 0.2) is 0 Å². The highest BCUT2D eigenvalue weighted by Gasteiger charge is 2.27. The Morgan fingerprint density at radius 1 is 1.29 bits per heavy atom. The van der Waals surface area contributed by atoms with Crippen molar-refractivity contribution < 1.29 is 9.66 Å². The Hall–Kier alpha value is -1.92. The van der Waals surface area contributed by atoms with Crippen molar-refractivity contribution in [2.45, 2.75) is 47.0 Å². The molecule has 1 N–H and O–H groups in total. The minimum atomic E-state index is -0.488. The summed E-state index contributed by atoms with van der Waals surface area (Å²) in [5, 5.41) is 14.4. The minimum Gasteiger partial charge on any atom is -0.473 e. The lowest BCUT2D eigenvalue weighted by Crippen LogP contribution is -2.15. The van der Waals surface area contributed by atoms with Crippen molar-refractivity contribution in [2.24, 2.45) is 5.92 Å². The van der Waals surface area contributed by atoms with Crippen molar-refractivity contribution in [2.75, 3.05) is 18.5 Å². The topological polar surface area (TPSA) is 90.2 Å². The van der Waals surface area contributed by atoms with Crippen LogP contribution in [0.15, 0.2) is 0 Å². The summed E-state index contributed by atoms with van der Waals surface area (Å²) in [6.07, 6.45) is 0.757. The van der Waals surface area contributed by atoms with Crippen LogP contribution in [0.1, 0.15) is 52.8 Å². The van der Waals surface area contributed by atoms with Gasteiger partial charge in [0, 0.05) is 12.5 Å². The number of nitrogens with one attached hydrogen (secondary N) is 1. The van der Waals surface area contributed by atoms with Gasteiger partial charge in [-0.05, 0) is 12.3 Å². The summed E-state index contributed by atoms with van der Waals surface area (Å²) in [4.78, 5) is 19.3. The van der Waals surface area contributed by atoms with Crippen LogP contribution < -0.4 is 10.1 Å². The summed E-state index contributed by atoms with van der Waals surface area (Å²) < 4.78 is 5.45. The minimum absolute atomic E-state index is 0.0480. The van der Waals surface area contributed by atoms with Crippen LogP contribution in [0.25, 0.3) is 0 Å². The molecule has 1 aromatic rings. The smallest absolute Gasteiger partial charge is 0.372 e. The molecule has 118 valence electrons. The summed E-state index contributed by atoms with van der Waals surface area (Å²) >= 11 is 0. The van der Waals surface area contributed by atoms with Crippen LogP contribution in [0.4, 0.5) is 11.5 Å². The molecule has 1 heterocycles. The number of ether oxygens (including phenoxy) is 1. The summed E-state index contributed by atoms with van der Waals surface area (Å²) in [6, 6.07) is 0. The lowest BCUT2D eigenvalue weighted by molar-refractivity contribution is -0.385. The molecule has 0 saturated heterocycles. The number of hydrogen-bond acceptors (Lipinski definition) is 6. The maximum absolute atomic E-state index is 11.3. The van der Waals surface area contributed by atoms with E-state index in [-0.39, 0.29) is 23.3 Å². The van der Waals surface area contributed by atoms with E-state index >= 15 is 0 Å². The van der Waals surface area contributed by atoms with Crippen LogP contribution in [0.2, 0.25) is 0 Å². The molecule has 0 aromatic carbocycles. The van der Waals surface area contributed by atoms with Gasteiger partial charge in [0.25, 0.3) is 5.88 Å². The molecule has 21 heavy (non-hydrogen) atoms. The third kappa shape index (κ3) is 4.84. The third-order valence-corrected chi connectivity index (χ3v) is 2.69. The van der Waals surface area contributed by atoms with Crippen molar-refractivity contribution in [3.05, 3.63) is 15.9 Å². The molecule has 0 atom stereocenters. The van der Waals surface area contributed by atoms with E-state index in [1.54, 1.807) is 0 Å². The first-order chi connectivity index (χ1) is 9.86. The highest BCUT2D eigenvalue weighted by atomic mass is 16.6. The average molecular weight is 296 g/mol. The molecule has 0 bridgehead atoms. The van der Waals surface area contributed by atoms with E-state index in [4.69, 9.17) is 4.74 Å². The molecule has 0 fully saturated rings. The van der Waals surface area contributed by atoms with Crippen molar-refractivity contribution >= 4 is 11.5 Å². The zero-order chi connectivity index (χ0) is 16.0. The van der Waals surface area contributed by atoms with E-state index in [1.807, 2.05) is 34.6 Å². The second kappa shape index (κ2) is 7.75. The van der Waals surface area contributed by atoms with E-state index in [1.165, 1.54) is 0 Å². The van der Waals surface area contributed by atoms with Gasteiger partial charge in [-0.1, -0.05) is 34.6 Å². The number of hydrogen-bond donors (Lipinski definition) is 1. The van der Waals surface area contributed by atoms with Gasteiger partial charge >= 0.3 is 5.69 Å². The van der Waals surface area contributed by atoms with E-state index in [9.17, 15) is 10.1 Å². The highest BCUT2D eigenvalue weighted by Crippen LogP contribution is 2.33. The van der Waals surface area contributed by atoms with Crippen molar-refractivity contribution in [3.63, 3.8) is 0 Å². The Morgan fingerprint density at radius 2 is 1.95 bits per heavy atom. The monoisotopic (exact) mass is 296 g/mol. The van der Waals surface area contributed by atoms with E-state index in [2.05, 4.69) is 15.3 Å². The molecular formula is C14H24N4O3. The van der Waals surface area contributed by atoms with Crippen LogP contribution in [0.5, 0.6) is 5.88 Å². The molecule has 0 unspecified atom stereocenters. The fourth-order valence-corrected chi connectivity index (χ4v) is 1.60. The first kappa shape index (κ1) is 17.1. The number of nitrogens with zero attached hydrogens (tertiary/aromatic N) is 3. The first-order valence-electron chi connectivity index (χ1n) is 7.29. The fourth-order valence-electron chi connectivity index (χ4n) is 1.60. The molecule has 0 radical (unpaired) electrons. The van der Waals surface area contributed by atoms with Gasteiger partial charge in [0.05, 0.1) is 11.5 Å². The quantitative estimate of drug-likeness (QED) is 0.584. The predicted octanol–water partition coefficient (Wildman–Crippen LogP) is 3.36. The average Bonchev–Trinajstić information content (AvgIpc) is 2.41. The molecule has 0 amide bonds. The van der Waals surface area contributed by atoms with E-state index in [0.717, 1.165) is 6.42 Å². The maximum atomic E-state index is 11.3. The zero-order valence-corrected chi connectivity index (χ0v) is 13.3. The summed E-state index contributed by atoms with van der Waals surface area (Å²) in [5.41, 5.74) is -0.187. The largest absolute Gasteiger partial charge is 0.473 e. The Morgan fingerprint density at radius 3 is 2.43 bits per heavy atom. The fraction of sp³-hybridized carbons (Fsp3) is 0.714. The van der Waals surface area contributed by atoms with Gasteiger partial charge in [0.1, 0.15) is 5.82 Å². The van der Waals surface area contributed by atoms with E-state index < -0.39 is 4.92 Å². The first-order valence-corrected chi connectivity index (χ1v) is 7.29. The van der Waals surface area contributed by atoms with Gasteiger partial charge in [-0.2, -0.15) is 4.98 Å². The van der Waals surface area contributed by atoms with E-state index in [0.29, 0.717) is 24.9 Å². The van der Waals surface area contributed by atoms with Crippen molar-refractivity contribution in [1.82, 2.24) is 9.97 Å². The summed E-state index contributed by atoms with van der Waals surface area (Å²) in [6.45, 7) is 10.9. The SMILES string of the molecule is CCCOc1nc(C(C)C)nc(NCC(C)C)c1[N+](=O)[O-]. The van der Waals surface area contributed by atoms with Gasteiger partial charge in [-0.25, -0.2) is 4.98 Å². The summed E-state index contributed by atoms with van der Waals surface area (Å²) in [5.74, 6) is 1.24. The third-order valence-electron chi connectivity index (χ3n) is 2.69. The van der Waals surface area contributed by atoms with Crippen LogP contribution in [0, 0.1) is 16.0 Å². The Labute approximate surface area is 125 Å². The number of nitro groups is 1. The van der Waals surface area contributed by atoms with Gasteiger partial charge in [-0.15, -0.1) is 0 Å². The predicted molar refractivity (Wildman–Crippen MR) is 81.9 cm³/mol. The zero-order valence-electron chi connectivity index (χ0n) is 13.3. The van der Waals surface area contributed by atoms with Crippen LogP contribution in [-0.2, 0) is 0 Å². The Kier molecular flexibility index (Phi) is 6.33. The molecular weight excluding hydrogens is 272 g/mol. The Balaban J connectivity index is 3.27. The summed E-state index contributed by atoms with van der Waals surface area (Å²) in [7, 11) is 0. The van der Waals surface area contributed by atoms with Crippen molar-refractivity contribution in [3.8, 4) is 5.88 Å². The number of aromatic nitrogens is 2. The van der Waals surface area contributed by atoms with Gasteiger partial charge in [0.2, 0.25) is 5.82 Å². The molecule has 1 aromatic heterocycles. The Bertz CT molecular complexity index is 489. The van der Waals surface area contributed by atoms with Gasteiger partial charge < -0.3 is 10.1 Å². The van der Waals surface area contributed by atoms with Crippen LogP contribution in [-0.4, -0.2) is 28.0 Å². The number of rotatable bonds is 8. The standard InChI is InChI=1S/C14H24N4O3/c1-6-7-21-14-11(18(19)20)13(15-8-9(2)3)16-12(17-14)10(4)5/h9-10H,6-8H2,1-5H3,(H,15,16,17). The second-order valence-electron chi connectivity index (χ2n) is 5.62. The lowest BCUT2D eigenvalue weighted by Gasteiger charge is -2.13. The molecule has 0 spiro atoms. The second-order valence-corrected chi connectivity index (χ2v) is 5.62. The molecule has 7 heteroatoms. The number of anilines is 1. The molecule has 0 saturated carbocycles. The molecule has 1 rings (SSSR count). The maximum Gasteiger partial charge on any atom is 0.372 e. The molecule has 0 aliphatic carbocycles. The lowest BCUT2D eigenvalue weighted by atomic mass is 10.2. The normalized spacial score (nSPS) is 11.0. The molecule has 7 nitrogen and oxygen atoms in total. The van der Waals surface area contributed by atoms with Crippen LogP contribution >= 0.6 is 0 Å². The molecule has 0 aliphatic heterocycles.